The minimum Gasteiger partial charge on any atom is -0.439 e. The number of rotatable bonds is 3. The number of aliphatic hydroxyl groups excluding tert-OH is 1. The van der Waals surface area contributed by atoms with E-state index in [0.717, 1.165) is 12.8 Å². The molecule has 2 aromatic rings. The summed E-state index contributed by atoms with van der Waals surface area (Å²) < 4.78 is 18.6. The third-order valence-electron chi connectivity index (χ3n) is 3.69. The van der Waals surface area contributed by atoms with E-state index in [1.165, 1.54) is 18.3 Å². The molecule has 2 heterocycles. The second kappa shape index (κ2) is 7.27. The number of benzene rings is 1. The van der Waals surface area contributed by atoms with E-state index >= 15 is 0 Å². The van der Waals surface area contributed by atoms with E-state index < -0.39 is 6.10 Å². The number of aromatic nitrogens is 1. The molecule has 0 aliphatic carbocycles. The Morgan fingerprint density at radius 2 is 2.25 bits per heavy atom. The first kappa shape index (κ1) is 16.2. The summed E-state index contributed by atoms with van der Waals surface area (Å²) >= 11 is 0. The van der Waals surface area contributed by atoms with Crippen LogP contribution in [0, 0.1) is 5.82 Å². The van der Waals surface area contributed by atoms with Gasteiger partial charge in [-0.15, -0.1) is 0 Å². The van der Waals surface area contributed by atoms with Crippen molar-refractivity contribution in [3.8, 4) is 11.6 Å². The molecule has 6 nitrogen and oxygen atoms in total. The van der Waals surface area contributed by atoms with Crippen molar-refractivity contribution < 1.29 is 19.0 Å². The van der Waals surface area contributed by atoms with Gasteiger partial charge in [0.1, 0.15) is 11.6 Å². The molecule has 1 fully saturated rings. The quantitative estimate of drug-likeness (QED) is 0.907. The Morgan fingerprint density at radius 3 is 2.96 bits per heavy atom. The first-order chi connectivity index (χ1) is 11.6. The predicted octanol–water partition coefficient (Wildman–Crippen LogP) is 3.00. The highest BCUT2D eigenvalue weighted by Gasteiger charge is 2.22. The van der Waals surface area contributed by atoms with Crippen molar-refractivity contribution >= 4 is 11.7 Å². The number of ether oxygens (including phenoxy) is 1. The van der Waals surface area contributed by atoms with Gasteiger partial charge in [0.05, 0.1) is 18.0 Å². The van der Waals surface area contributed by atoms with Gasteiger partial charge in [-0.2, -0.15) is 0 Å². The van der Waals surface area contributed by atoms with Gasteiger partial charge in [-0.1, -0.05) is 6.07 Å². The number of hydrogen-bond acceptors (Lipinski definition) is 4. The first-order valence-electron chi connectivity index (χ1n) is 7.73. The second-order valence-corrected chi connectivity index (χ2v) is 5.62. The summed E-state index contributed by atoms with van der Waals surface area (Å²) in [6, 6.07) is 8.74. The summed E-state index contributed by atoms with van der Waals surface area (Å²) in [6.07, 6.45) is 2.50. The van der Waals surface area contributed by atoms with Crippen LogP contribution in [0.5, 0.6) is 11.6 Å². The fraction of sp³-hybridized carbons (Fsp3) is 0.294. The van der Waals surface area contributed by atoms with E-state index in [9.17, 15) is 14.3 Å². The predicted molar refractivity (Wildman–Crippen MR) is 86.5 cm³/mol. The molecule has 1 aromatic heterocycles. The molecule has 3 rings (SSSR count). The lowest BCUT2D eigenvalue weighted by Crippen LogP contribution is -2.44. The number of aliphatic hydroxyl groups is 1. The van der Waals surface area contributed by atoms with Gasteiger partial charge in [-0.3, -0.25) is 0 Å². The zero-order valence-electron chi connectivity index (χ0n) is 13.0. The van der Waals surface area contributed by atoms with Gasteiger partial charge in [-0.05, 0) is 31.0 Å². The van der Waals surface area contributed by atoms with Crippen LogP contribution in [-0.2, 0) is 0 Å². The first-order valence-corrected chi connectivity index (χ1v) is 7.73. The summed E-state index contributed by atoms with van der Waals surface area (Å²) in [7, 11) is 0. The summed E-state index contributed by atoms with van der Waals surface area (Å²) in [5, 5.41) is 12.3. The maximum absolute atomic E-state index is 13.1. The maximum atomic E-state index is 13.1. The summed E-state index contributed by atoms with van der Waals surface area (Å²) in [5.74, 6) is 0.258. The van der Waals surface area contributed by atoms with Gasteiger partial charge >= 0.3 is 6.03 Å². The smallest absolute Gasteiger partial charge is 0.321 e. The van der Waals surface area contributed by atoms with E-state index in [4.69, 9.17) is 4.74 Å². The number of urea groups is 1. The molecule has 1 aliphatic rings. The largest absolute Gasteiger partial charge is 0.439 e. The minimum atomic E-state index is -0.468. The van der Waals surface area contributed by atoms with Crippen LogP contribution in [-0.4, -0.2) is 40.2 Å². The van der Waals surface area contributed by atoms with Gasteiger partial charge in [0.2, 0.25) is 5.88 Å². The fourth-order valence-electron chi connectivity index (χ4n) is 2.51. The van der Waals surface area contributed by atoms with Crippen LogP contribution in [0.25, 0.3) is 0 Å². The van der Waals surface area contributed by atoms with Crippen molar-refractivity contribution in [1.29, 1.82) is 0 Å². The minimum absolute atomic E-state index is 0.269. The lowest BCUT2D eigenvalue weighted by molar-refractivity contribution is 0.0883. The molecule has 0 saturated carbocycles. The zero-order chi connectivity index (χ0) is 16.9. The lowest BCUT2D eigenvalue weighted by Gasteiger charge is -2.30. The zero-order valence-corrected chi connectivity index (χ0v) is 13.0. The highest BCUT2D eigenvalue weighted by atomic mass is 19.1. The van der Waals surface area contributed by atoms with Crippen molar-refractivity contribution in [1.82, 2.24) is 9.88 Å². The number of piperidine rings is 1. The summed E-state index contributed by atoms with van der Waals surface area (Å²) in [4.78, 5) is 17.8. The molecule has 1 saturated heterocycles. The average molecular weight is 331 g/mol. The summed E-state index contributed by atoms with van der Waals surface area (Å²) in [5.41, 5.74) is 0.520. The molecule has 126 valence electrons. The van der Waals surface area contributed by atoms with Crippen molar-refractivity contribution in [3.05, 3.63) is 48.4 Å². The fourth-order valence-corrected chi connectivity index (χ4v) is 2.51. The third kappa shape index (κ3) is 4.20. The van der Waals surface area contributed by atoms with Gasteiger partial charge in [-0.25, -0.2) is 14.2 Å². The number of carbonyl (C=O) groups is 1. The van der Waals surface area contributed by atoms with Gasteiger partial charge in [0.25, 0.3) is 0 Å². The van der Waals surface area contributed by atoms with Gasteiger partial charge in [0, 0.05) is 25.2 Å². The Bertz CT molecular complexity index is 708. The number of likely N-dealkylation sites (tertiary alicyclic amines) is 1. The van der Waals surface area contributed by atoms with Gasteiger partial charge < -0.3 is 20.1 Å². The molecule has 0 unspecified atom stereocenters. The van der Waals surface area contributed by atoms with Crippen LogP contribution < -0.4 is 10.1 Å². The van der Waals surface area contributed by atoms with Crippen LogP contribution in [0.4, 0.5) is 14.9 Å². The summed E-state index contributed by atoms with van der Waals surface area (Å²) in [6.45, 7) is 0.955. The van der Waals surface area contributed by atoms with E-state index in [1.807, 2.05) is 0 Å². The molecule has 2 N–H and O–H groups in total. The Hall–Kier alpha value is -2.67. The Kier molecular flexibility index (Phi) is 4.90. The Labute approximate surface area is 138 Å². The van der Waals surface area contributed by atoms with Crippen LogP contribution in [0.3, 0.4) is 0 Å². The van der Waals surface area contributed by atoms with Crippen molar-refractivity contribution in [3.63, 3.8) is 0 Å². The molecule has 0 radical (unpaired) electrons. The Balaban J connectivity index is 1.59. The van der Waals surface area contributed by atoms with Gasteiger partial charge in [0.15, 0.2) is 0 Å². The van der Waals surface area contributed by atoms with Crippen LogP contribution in [0.2, 0.25) is 0 Å². The number of amides is 2. The number of nitrogens with zero attached hydrogens (tertiary/aromatic N) is 2. The molecule has 1 aliphatic heterocycles. The standard InChI is InChI=1S/C17H18FN3O3/c18-12-3-1-5-15(9-12)24-16-7-6-13(10-19-16)20-17(23)21-8-2-4-14(22)11-21/h1,3,5-7,9-10,14,22H,2,4,8,11H2,(H,20,23)/t14-/m1/s1. The van der Waals surface area contributed by atoms with Crippen molar-refractivity contribution in [2.24, 2.45) is 0 Å². The Morgan fingerprint density at radius 1 is 1.38 bits per heavy atom. The number of pyridine rings is 1. The molecule has 1 atom stereocenters. The van der Waals surface area contributed by atoms with Crippen molar-refractivity contribution in [2.45, 2.75) is 18.9 Å². The topological polar surface area (TPSA) is 74.7 Å². The normalized spacial score (nSPS) is 17.4. The average Bonchev–Trinajstić information content (AvgIpc) is 2.57. The molecule has 0 bridgehead atoms. The number of nitrogens with one attached hydrogen (secondary N) is 1. The lowest BCUT2D eigenvalue weighted by atomic mass is 10.1. The number of halogens is 1. The SMILES string of the molecule is O=C(Nc1ccc(Oc2cccc(F)c2)nc1)N1CCC[C@@H](O)C1. The van der Waals surface area contributed by atoms with Crippen LogP contribution in [0.1, 0.15) is 12.8 Å². The van der Waals surface area contributed by atoms with E-state index in [0.29, 0.717) is 30.4 Å². The molecule has 7 heteroatoms. The van der Waals surface area contributed by atoms with E-state index in [2.05, 4.69) is 10.3 Å². The van der Waals surface area contributed by atoms with E-state index in [-0.39, 0.29) is 11.8 Å². The van der Waals surface area contributed by atoms with E-state index in [1.54, 1.807) is 29.2 Å². The highest BCUT2D eigenvalue weighted by molar-refractivity contribution is 5.89. The second-order valence-electron chi connectivity index (χ2n) is 5.62. The van der Waals surface area contributed by atoms with Crippen molar-refractivity contribution in [2.75, 3.05) is 18.4 Å². The monoisotopic (exact) mass is 331 g/mol. The molecule has 0 spiro atoms. The molecule has 24 heavy (non-hydrogen) atoms. The molecule has 1 aromatic carbocycles. The molecular weight excluding hydrogens is 313 g/mol. The highest BCUT2D eigenvalue weighted by Crippen LogP contribution is 2.21. The van der Waals surface area contributed by atoms with Crippen LogP contribution in [0.15, 0.2) is 42.6 Å². The molecule has 2 amide bonds. The molecular formula is C17H18FN3O3. The maximum Gasteiger partial charge on any atom is 0.321 e. The number of hydrogen-bond donors (Lipinski definition) is 2. The van der Waals surface area contributed by atoms with Crippen LogP contribution >= 0.6 is 0 Å². The number of β-amino-alcohol motifs (C(OH)–C–C–N with tert-alkyl or cyclic N) is 1. The number of anilines is 1. The number of carbonyl (C=O) groups excluding carboxylic acids is 1. The third-order valence-corrected chi connectivity index (χ3v) is 3.69.